The molecule has 7 heteroatoms. The predicted molar refractivity (Wildman–Crippen MR) is 84.8 cm³/mol. The lowest BCUT2D eigenvalue weighted by Crippen LogP contribution is -2.22. The van der Waals surface area contributed by atoms with Crippen LogP contribution in [0.1, 0.15) is 5.56 Å². The Balaban J connectivity index is 1.76. The molecule has 1 atom stereocenters. The maximum Gasteiger partial charge on any atom is 0.409 e. The van der Waals surface area contributed by atoms with Crippen LogP contribution in [0.25, 0.3) is 0 Å². The van der Waals surface area contributed by atoms with E-state index in [0.29, 0.717) is 5.75 Å². The lowest BCUT2D eigenvalue weighted by Gasteiger charge is -2.13. The van der Waals surface area contributed by atoms with Crippen molar-refractivity contribution in [3.8, 4) is 5.75 Å². The first kappa shape index (κ1) is 16.6. The minimum Gasteiger partial charge on any atom is -0.460 e. The van der Waals surface area contributed by atoms with Gasteiger partial charge in [0.25, 0.3) is 0 Å². The van der Waals surface area contributed by atoms with Crippen LogP contribution in [-0.2, 0) is 20.7 Å². The summed E-state index contributed by atoms with van der Waals surface area (Å²) in [4.78, 5) is 11.6. The Kier molecular flexibility index (Phi) is 6.01. The van der Waals surface area contributed by atoms with E-state index in [-0.39, 0.29) is 13.2 Å². The van der Waals surface area contributed by atoms with E-state index in [1.807, 2.05) is 30.3 Å². The molecule has 2 aromatic carbocycles. The number of hydrogen-bond donors (Lipinski definition) is 1. The monoisotopic (exact) mass is 339 g/mol. The second-order valence-electron chi connectivity index (χ2n) is 4.37. The van der Waals surface area contributed by atoms with Crippen molar-refractivity contribution >= 4 is 24.1 Å². The Hall–Kier alpha value is -1.81. The molecular formula is C15H15ClNO4P. The third-order valence-electron chi connectivity index (χ3n) is 2.62. The first-order valence-corrected chi connectivity index (χ1v) is 9.07. The topological polar surface area (TPSA) is 64.6 Å². The molecule has 0 spiro atoms. The van der Waals surface area contributed by atoms with Crippen LogP contribution in [0.15, 0.2) is 60.7 Å². The number of hydrogen-bond acceptors (Lipinski definition) is 4. The second-order valence-corrected chi connectivity index (χ2v) is 7.16. The number of carbonyl (C=O) groups is 1. The fraction of sp³-hybridized carbons (Fsp3) is 0.133. The molecule has 0 saturated heterocycles. The number of benzene rings is 2. The Labute approximate surface area is 133 Å². The predicted octanol–water partition coefficient (Wildman–Crippen LogP) is 3.75. The van der Waals surface area contributed by atoms with Crippen LogP contribution >= 0.6 is 18.1 Å². The Morgan fingerprint density at radius 3 is 2.27 bits per heavy atom. The van der Waals surface area contributed by atoms with Gasteiger partial charge in [-0.05, 0) is 17.7 Å². The fourth-order valence-corrected chi connectivity index (χ4v) is 2.79. The van der Waals surface area contributed by atoms with E-state index >= 15 is 0 Å². The summed E-state index contributed by atoms with van der Waals surface area (Å²) < 4.78 is 22.1. The average Bonchev–Trinajstić information content (AvgIpc) is 2.53. The van der Waals surface area contributed by atoms with Gasteiger partial charge >= 0.3 is 12.8 Å². The highest BCUT2D eigenvalue weighted by atomic mass is 35.7. The molecule has 0 aliphatic heterocycles. The van der Waals surface area contributed by atoms with Gasteiger partial charge in [-0.3, -0.25) is 4.79 Å². The number of esters is 1. The maximum absolute atomic E-state index is 12.0. The molecular weight excluding hydrogens is 325 g/mol. The minimum atomic E-state index is -3.64. The van der Waals surface area contributed by atoms with Gasteiger partial charge < -0.3 is 9.26 Å². The summed E-state index contributed by atoms with van der Waals surface area (Å²) in [5.41, 5.74) is 0.866. The molecule has 5 nitrogen and oxygen atoms in total. The van der Waals surface area contributed by atoms with Crippen molar-refractivity contribution in [2.75, 3.05) is 6.54 Å². The summed E-state index contributed by atoms with van der Waals surface area (Å²) in [6, 6.07) is 17.7. The zero-order valence-corrected chi connectivity index (χ0v) is 13.3. The molecule has 2 aromatic rings. The number of para-hydroxylation sites is 1. The second kappa shape index (κ2) is 7.99. The van der Waals surface area contributed by atoms with Gasteiger partial charge in [-0.15, -0.1) is 0 Å². The van der Waals surface area contributed by atoms with E-state index in [1.54, 1.807) is 30.3 Å². The number of nitrogens with one attached hydrogen (secondary N) is 1. The maximum atomic E-state index is 12.0. The third kappa shape index (κ3) is 5.90. The molecule has 0 heterocycles. The summed E-state index contributed by atoms with van der Waals surface area (Å²) in [5, 5.41) is 2.37. The lowest BCUT2D eigenvalue weighted by molar-refractivity contribution is -0.143. The lowest BCUT2D eigenvalue weighted by atomic mass is 10.2. The van der Waals surface area contributed by atoms with Crippen LogP contribution in [0, 0.1) is 0 Å². The highest BCUT2D eigenvalue weighted by Gasteiger charge is 2.22. The van der Waals surface area contributed by atoms with Gasteiger partial charge in [-0.25, -0.2) is 9.65 Å². The van der Waals surface area contributed by atoms with E-state index in [9.17, 15) is 9.36 Å². The van der Waals surface area contributed by atoms with Crippen LogP contribution in [-0.4, -0.2) is 12.5 Å². The zero-order valence-electron chi connectivity index (χ0n) is 11.6. The van der Waals surface area contributed by atoms with Crippen molar-refractivity contribution in [2.24, 2.45) is 0 Å². The minimum absolute atomic E-state index is 0.146. The largest absolute Gasteiger partial charge is 0.460 e. The standard InChI is InChI=1S/C15H15ClNO4P/c16-22(19,21-14-9-5-2-6-10-14)17-11-15(18)20-12-13-7-3-1-4-8-13/h1-10H,11-12H2,(H,17,19)/t22-/m0/s1. The summed E-state index contributed by atoms with van der Waals surface area (Å²) in [6.45, 7) is -3.80. The zero-order chi connectivity index (χ0) is 15.8. The van der Waals surface area contributed by atoms with Crippen molar-refractivity contribution in [1.29, 1.82) is 0 Å². The quantitative estimate of drug-likeness (QED) is 0.615. The first-order valence-electron chi connectivity index (χ1n) is 6.54. The van der Waals surface area contributed by atoms with Crippen molar-refractivity contribution < 1.29 is 18.6 Å². The van der Waals surface area contributed by atoms with Crippen LogP contribution in [0.2, 0.25) is 0 Å². The molecule has 0 radical (unpaired) electrons. The van der Waals surface area contributed by atoms with Crippen molar-refractivity contribution in [2.45, 2.75) is 6.61 Å². The molecule has 2 rings (SSSR count). The molecule has 0 amide bonds. The number of carbonyl (C=O) groups excluding carboxylic acids is 1. The number of ether oxygens (including phenoxy) is 1. The van der Waals surface area contributed by atoms with Crippen molar-refractivity contribution in [1.82, 2.24) is 5.09 Å². The van der Waals surface area contributed by atoms with Gasteiger partial charge in [0.2, 0.25) is 0 Å². The molecule has 0 fully saturated rings. The fourth-order valence-electron chi connectivity index (χ4n) is 1.60. The first-order chi connectivity index (χ1) is 10.6. The highest BCUT2D eigenvalue weighted by Crippen LogP contribution is 2.47. The Morgan fingerprint density at radius 1 is 1.05 bits per heavy atom. The Morgan fingerprint density at radius 2 is 1.64 bits per heavy atom. The van der Waals surface area contributed by atoms with E-state index in [2.05, 4.69) is 5.09 Å². The van der Waals surface area contributed by atoms with Crippen LogP contribution in [0.4, 0.5) is 0 Å². The van der Waals surface area contributed by atoms with Crippen LogP contribution in [0.3, 0.4) is 0 Å². The molecule has 22 heavy (non-hydrogen) atoms. The molecule has 0 unspecified atom stereocenters. The van der Waals surface area contributed by atoms with Crippen molar-refractivity contribution in [3.63, 3.8) is 0 Å². The van der Waals surface area contributed by atoms with Gasteiger partial charge in [-0.1, -0.05) is 48.5 Å². The smallest absolute Gasteiger partial charge is 0.409 e. The summed E-state index contributed by atoms with van der Waals surface area (Å²) in [7, 11) is 0. The number of halogens is 1. The van der Waals surface area contributed by atoms with Gasteiger partial charge in [0.05, 0.1) is 0 Å². The van der Waals surface area contributed by atoms with Gasteiger partial charge in [0.15, 0.2) is 0 Å². The highest BCUT2D eigenvalue weighted by molar-refractivity contribution is 7.84. The number of rotatable bonds is 7. The molecule has 0 saturated carbocycles. The summed E-state index contributed by atoms with van der Waals surface area (Å²) in [6.07, 6.45) is 0. The van der Waals surface area contributed by atoms with E-state index < -0.39 is 12.8 Å². The molecule has 0 aliphatic carbocycles. The van der Waals surface area contributed by atoms with Crippen molar-refractivity contribution in [3.05, 3.63) is 66.2 Å². The summed E-state index contributed by atoms with van der Waals surface area (Å²) >= 11 is 5.75. The van der Waals surface area contributed by atoms with Crippen LogP contribution < -0.4 is 9.61 Å². The molecule has 1 N–H and O–H groups in total. The molecule has 0 aliphatic rings. The third-order valence-corrected chi connectivity index (χ3v) is 4.17. The van der Waals surface area contributed by atoms with Gasteiger partial charge in [0.1, 0.15) is 18.9 Å². The molecule has 0 bridgehead atoms. The van der Waals surface area contributed by atoms with Gasteiger partial charge in [0, 0.05) is 11.2 Å². The van der Waals surface area contributed by atoms with E-state index in [4.69, 9.17) is 20.5 Å². The molecule has 0 aromatic heterocycles. The average molecular weight is 340 g/mol. The Bertz CT molecular complexity index is 651. The SMILES string of the molecule is O=C(CN[P@](=O)(Cl)Oc1ccccc1)OCc1ccccc1. The summed E-state index contributed by atoms with van der Waals surface area (Å²) in [5.74, 6) is -0.215. The normalized spacial score (nSPS) is 13.1. The van der Waals surface area contributed by atoms with Crippen LogP contribution in [0.5, 0.6) is 5.75 Å². The van der Waals surface area contributed by atoms with E-state index in [0.717, 1.165) is 5.56 Å². The molecule has 116 valence electrons. The van der Waals surface area contributed by atoms with E-state index in [1.165, 1.54) is 0 Å². The van der Waals surface area contributed by atoms with Gasteiger partial charge in [-0.2, -0.15) is 0 Å².